The molecule has 0 bridgehead atoms. The molecule has 4 aromatic rings. The minimum absolute atomic E-state index is 0. The van der Waals surface area contributed by atoms with Gasteiger partial charge in [0.1, 0.15) is 11.6 Å². The zero-order valence-electron chi connectivity index (χ0n) is 31.3. The third-order valence-electron chi connectivity index (χ3n) is 7.56. The summed E-state index contributed by atoms with van der Waals surface area (Å²) in [7, 11) is -4.17. The normalized spacial score (nSPS) is 11.4. The maximum absolute atomic E-state index is 13.3. The summed E-state index contributed by atoms with van der Waals surface area (Å²) in [6.45, 7) is 13.6. The third kappa shape index (κ3) is 12.0. The Labute approximate surface area is 349 Å². The predicted molar refractivity (Wildman–Crippen MR) is 200 cm³/mol. The average molecular weight is 783 g/mol. The fourth-order valence-corrected chi connectivity index (χ4v) is 5.57. The zero-order valence-corrected chi connectivity index (χ0v) is 36.0. The molecule has 2 aromatic heterocycles. The summed E-state index contributed by atoms with van der Waals surface area (Å²) < 4.78 is 76.3. The third-order valence-corrected chi connectivity index (χ3v) is 9.88. The first kappa shape index (κ1) is 47.1. The molecule has 11 nitrogen and oxygen atoms in total. The molecule has 0 radical (unpaired) electrons. The monoisotopic (exact) mass is 782 g/mol. The van der Waals surface area contributed by atoms with Crippen LogP contribution in [0.15, 0.2) is 67.3 Å². The van der Waals surface area contributed by atoms with E-state index < -0.39 is 20.0 Å². The van der Waals surface area contributed by atoms with Crippen molar-refractivity contribution in [1.82, 2.24) is 19.9 Å². The van der Waals surface area contributed by atoms with Gasteiger partial charge < -0.3 is 5.48 Å². The van der Waals surface area contributed by atoms with Gasteiger partial charge in [-0.25, -0.2) is 54.2 Å². The summed E-state index contributed by atoms with van der Waals surface area (Å²) in [6.07, 6.45) is 8.24. The van der Waals surface area contributed by atoms with Crippen LogP contribution in [0, 0.1) is 11.6 Å². The average Bonchev–Trinajstić information content (AvgIpc) is 3.04. The molecule has 0 aliphatic rings. The quantitative estimate of drug-likeness (QED) is 0.161. The SMILES string of the molecule is C=CCc1c(-c2ccc(F)cc2)nc(N(C)S(C)(=O)=O)nc1C(C)C.CC=Cc1c(-c2ccc(F)cc2)nc(N(C)S(C)(=O)=O)nc1C(C)C.[K+].[OH-]. The summed E-state index contributed by atoms with van der Waals surface area (Å²) in [6, 6.07) is 11.9. The van der Waals surface area contributed by atoms with E-state index in [9.17, 15) is 25.6 Å². The molecule has 16 heteroatoms. The van der Waals surface area contributed by atoms with E-state index in [0.717, 1.165) is 43.6 Å². The number of anilines is 2. The molecule has 2 heterocycles. The van der Waals surface area contributed by atoms with Crippen LogP contribution in [0.5, 0.6) is 0 Å². The van der Waals surface area contributed by atoms with Crippen molar-refractivity contribution in [3.05, 3.63) is 101 Å². The largest absolute Gasteiger partial charge is 1.00 e. The van der Waals surface area contributed by atoms with Crippen molar-refractivity contribution in [2.75, 3.05) is 35.2 Å². The Morgan fingerprint density at radius 1 is 0.712 bits per heavy atom. The Hall–Kier alpha value is -2.96. The Morgan fingerprint density at radius 3 is 1.46 bits per heavy atom. The van der Waals surface area contributed by atoms with Crippen LogP contribution in [0.4, 0.5) is 20.7 Å². The molecule has 0 unspecified atom stereocenters. The number of nitrogens with zero attached hydrogens (tertiary/aromatic N) is 6. The number of benzene rings is 2. The zero-order chi connectivity index (χ0) is 37.6. The molecule has 276 valence electrons. The molecular weight excluding hydrogens is 738 g/mol. The first-order chi connectivity index (χ1) is 23.3. The van der Waals surface area contributed by atoms with Gasteiger partial charge in [-0.2, -0.15) is 0 Å². The second-order valence-electron chi connectivity index (χ2n) is 12.2. The number of hydrogen-bond donors (Lipinski definition) is 0. The number of sulfonamides is 2. The summed E-state index contributed by atoms with van der Waals surface area (Å²) >= 11 is 0. The van der Waals surface area contributed by atoms with Gasteiger partial charge in [-0.1, -0.05) is 45.9 Å². The molecule has 1 N–H and O–H groups in total. The maximum atomic E-state index is 13.3. The van der Waals surface area contributed by atoms with Crippen molar-refractivity contribution < 1.29 is 82.5 Å². The molecule has 0 saturated heterocycles. The van der Waals surface area contributed by atoms with E-state index in [1.165, 1.54) is 38.4 Å². The van der Waals surface area contributed by atoms with Gasteiger partial charge in [0.25, 0.3) is 0 Å². The smallest absolute Gasteiger partial charge is 0.870 e. The van der Waals surface area contributed by atoms with Gasteiger partial charge in [0.15, 0.2) is 0 Å². The van der Waals surface area contributed by atoms with Crippen LogP contribution < -0.4 is 60.0 Å². The Morgan fingerprint density at radius 2 is 1.10 bits per heavy atom. The number of aromatic nitrogens is 4. The number of hydrogen-bond acceptors (Lipinski definition) is 9. The number of allylic oxidation sites excluding steroid dienone is 2. The minimum Gasteiger partial charge on any atom is -0.870 e. The fraction of sp³-hybridized carbons (Fsp3) is 0.333. The van der Waals surface area contributed by atoms with Crippen LogP contribution >= 0.6 is 0 Å². The van der Waals surface area contributed by atoms with Crippen LogP contribution in [0.3, 0.4) is 0 Å². The molecule has 0 atom stereocenters. The molecule has 0 fully saturated rings. The van der Waals surface area contributed by atoms with Gasteiger partial charge in [0.05, 0.1) is 35.3 Å². The van der Waals surface area contributed by atoms with Crippen molar-refractivity contribution in [2.24, 2.45) is 0 Å². The van der Waals surface area contributed by atoms with Crippen molar-refractivity contribution in [3.63, 3.8) is 0 Å². The van der Waals surface area contributed by atoms with Crippen molar-refractivity contribution >= 4 is 38.0 Å². The van der Waals surface area contributed by atoms with Gasteiger partial charge in [-0.05, 0) is 73.7 Å². The van der Waals surface area contributed by atoms with Crippen LogP contribution in [0.2, 0.25) is 0 Å². The van der Waals surface area contributed by atoms with Crippen LogP contribution in [0.1, 0.15) is 69.0 Å². The van der Waals surface area contributed by atoms with Crippen LogP contribution in [-0.2, 0) is 26.5 Å². The Bertz CT molecular complexity index is 2080. The summed E-state index contributed by atoms with van der Waals surface area (Å²) in [5.74, 6) is -0.385. The summed E-state index contributed by atoms with van der Waals surface area (Å²) in [5.41, 5.74) is 5.70. The second kappa shape index (κ2) is 19.9. The standard InChI is InChI=1S/2C18H22FN3O2S.K.H2O/c2*1-6-7-15-16(12(2)3)20-18(22(4)25(5,23)24)21-17(15)13-8-10-14(19)11-9-13;;/h6-12H,1-5H3;6,8-12H,1,7H2,2-5H3;;1H2/q;;+1;/p-1. The van der Waals surface area contributed by atoms with Crippen molar-refractivity contribution in [1.29, 1.82) is 0 Å². The molecule has 4 rings (SSSR count). The van der Waals surface area contributed by atoms with E-state index in [-0.39, 0.29) is 92.2 Å². The number of rotatable bonds is 11. The molecule has 0 saturated carbocycles. The Kier molecular flexibility index (Phi) is 18.0. The van der Waals surface area contributed by atoms with Crippen molar-refractivity contribution in [3.8, 4) is 22.5 Å². The van der Waals surface area contributed by atoms with E-state index in [2.05, 4.69) is 26.5 Å². The number of halogens is 2. The first-order valence-electron chi connectivity index (χ1n) is 15.8. The predicted octanol–water partition coefficient (Wildman–Crippen LogP) is 4.19. The molecule has 0 aliphatic carbocycles. The van der Waals surface area contributed by atoms with Crippen LogP contribution in [-0.4, -0.2) is 68.9 Å². The molecule has 2 aromatic carbocycles. The molecule has 0 amide bonds. The van der Waals surface area contributed by atoms with Crippen molar-refractivity contribution in [2.45, 2.75) is 52.9 Å². The summed E-state index contributed by atoms with van der Waals surface area (Å²) in [4.78, 5) is 17.9. The summed E-state index contributed by atoms with van der Waals surface area (Å²) in [5, 5.41) is 0. The van der Waals surface area contributed by atoms with E-state index in [4.69, 9.17) is 0 Å². The molecule has 0 spiro atoms. The second-order valence-corrected chi connectivity index (χ2v) is 16.2. The van der Waals surface area contributed by atoms with Gasteiger partial charge in [-0.3, -0.25) is 0 Å². The van der Waals surface area contributed by atoms with Gasteiger partial charge >= 0.3 is 51.4 Å². The van der Waals surface area contributed by atoms with E-state index in [0.29, 0.717) is 28.9 Å². The first-order valence-corrected chi connectivity index (χ1v) is 19.5. The van der Waals surface area contributed by atoms with E-state index in [1.54, 1.807) is 30.3 Å². The Balaban J connectivity index is 0.000000501. The fourth-order valence-electron chi connectivity index (χ4n) is 4.81. The van der Waals surface area contributed by atoms with Gasteiger partial charge in [-0.15, -0.1) is 6.58 Å². The topological polar surface area (TPSA) is 156 Å². The molecule has 52 heavy (non-hydrogen) atoms. The molecule has 0 aliphatic heterocycles. The van der Waals surface area contributed by atoms with Crippen LogP contribution in [0.25, 0.3) is 28.6 Å². The maximum Gasteiger partial charge on any atom is 1.00 e. The minimum atomic E-state index is -3.50. The van der Waals surface area contributed by atoms with E-state index >= 15 is 0 Å². The van der Waals surface area contributed by atoms with Gasteiger partial charge in [0, 0.05) is 36.3 Å². The van der Waals surface area contributed by atoms with Gasteiger partial charge in [0.2, 0.25) is 31.9 Å². The molecular formula is C36H45F2KN6O5S2. The van der Waals surface area contributed by atoms with E-state index in [1.807, 2.05) is 46.8 Å².